The maximum Gasteiger partial charge on any atom is 0.0813 e. The summed E-state index contributed by atoms with van der Waals surface area (Å²) in [5, 5.41) is 3.50. The number of nitrogens with zero attached hydrogens (tertiary/aromatic N) is 1. The Kier molecular flexibility index (Phi) is 3.47. The molecule has 0 fully saturated rings. The summed E-state index contributed by atoms with van der Waals surface area (Å²) in [6.45, 7) is 3.18. The van der Waals surface area contributed by atoms with Gasteiger partial charge >= 0.3 is 0 Å². The molecular weight excluding hydrogens is 252 g/mol. The molecule has 0 aliphatic rings. The fourth-order valence-corrected chi connectivity index (χ4v) is 2.85. The fourth-order valence-electron chi connectivity index (χ4n) is 2.14. The van der Waals surface area contributed by atoms with Crippen LogP contribution in [0.5, 0.6) is 0 Å². The summed E-state index contributed by atoms with van der Waals surface area (Å²) in [6.07, 6.45) is 0. The van der Waals surface area contributed by atoms with Crippen molar-refractivity contribution in [1.29, 1.82) is 0 Å². The highest BCUT2D eigenvalue weighted by molar-refractivity contribution is 7.16. The summed E-state index contributed by atoms with van der Waals surface area (Å²) < 4.78 is 1.23. The van der Waals surface area contributed by atoms with Gasteiger partial charge in [0.05, 0.1) is 15.7 Å². The van der Waals surface area contributed by atoms with Crippen molar-refractivity contribution in [2.75, 3.05) is 11.9 Å². The van der Waals surface area contributed by atoms with Crippen molar-refractivity contribution in [2.45, 2.75) is 12.8 Å². The zero-order valence-electron chi connectivity index (χ0n) is 10.8. The largest absolute Gasteiger partial charge is 0.384 e. The first-order chi connectivity index (χ1) is 9.33. The molecule has 0 radical (unpaired) electrons. The van der Waals surface area contributed by atoms with Gasteiger partial charge in [0.15, 0.2) is 0 Å². The summed E-state index contributed by atoms with van der Waals surface area (Å²) in [4.78, 5) is 4.29. The number of hydrogen-bond donors (Lipinski definition) is 1. The molecule has 2 aromatic carbocycles. The third-order valence-electron chi connectivity index (χ3n) is 3.31. The van der Waals surface area contributed by atoms with Crippen LogP contribution in [0.3, 0.4) is 0 Å². The lowest BCUT2D eigenvalue weighted by Gasteiger charge is -2.14. The molecule has 1 atom stereocenters. The zero-order chi connectivity index (χ0) is 13.1. The lowest BCUT2D eigenvalue weighted by molar-refractivity contribution is 0.805. The number of aromatic nitrogens is 1. The highest BCUT2D eigenvalue weighted by atomic mass is 32.1. The molecule has 3 rings (SSSR count). The normalized spacial score (nSPS) is 12.5. The lowest BCUT2D eigenvalue weighted by Crippen LogP contribution is -2.09. The van der Waals surface area contributed by atoms with Gasteiger partial charge in [-0.1, -0.05) is 37.3 Å². The van der Waals surface area contributed by atoms with Gasteiger partial charge in [0, 0.05) is 12.2 Å². The van der Waals surface area contributed by atoms with Gasteiger partial charge in [-0.05, 0) is 29.7 Å². The molecular formula is C16H16N2S. The quantitative estimate of drug-likeness (QED) is 0.753. The number of anilines is 1. The van der Waals surface area contributed by atoms with Crippen molar-refractivity contribution < 1.29 is 0 Å². The maximum atomic E-state index is 4.29. The van der Waals surface area contributed by atoms with E-state index in [1.54, 1.807) is 11.3 Å². The summed E-state index contributed by atoms with van der Waals surface area (Å²) in [5.41, 5.74) is 5.50. The van der Waals surface area contributed by atoms with E-state index < -0.39 is 0 Å². The van der Waals surface area contributed by atoms with Crippen LogP contribution in [0.15, 0.2) is 54.0 Å². The average molecular weight is 268 g/mol. The SMILES string of the molecule is CC(CNc1ccc2ncsc2c1)c1ccccc1. The molecule has 2 nitrogen and oxygen atoms in total. The van der Waals surface area contributed by atoms with Gasteiger partial charge in [0.25, 0.3) is 0 Å². The molecule has 0 aliphatic heterocycles. The first-order valence-electron chi connectivity index (χ1n) is 6.45. The highest BCUT2D eigenvalue weighted by Crippen LogP contribution is 2.23. The van der Waals surface area contributed by atoms with Gasteiger partial charge in [-0.2, -0.15) is 0 Å². The fraction of sp³-hybridized carbons (Fsp3) is 0.188. The Morgan fingerprint density at radius 2 is 2.00 bits per heavy atom. The Morgan fingerprint density at radius 1 is 1.16 bits per heavy atom. The van der Waals surface area contributed by atoms with Crippen LogP contribution >= 0.6 is 11.3 Å². The Balaban J connectivity index is 1.68. The van der Waals surface area contributed by atoms with Crippen LogP contribution < -0.4 is 5.32 Å². The molecule has 0 saturated carbocycles. The lowest BCUT2D eigenvalue weighted by atomic mass is 10.0. The second-order valence-corrected chi connectivity index (χ2v) is 5.61. The summed E-state index contributed by atoms with van der Waals surface area (Å²) in [7, 11) is 0. The monoisotopic (exact) mass is 268 g/mol. The number of hydrogen-bond acceptors (Lipinski definition) is 3. The van der Waals surface area contributed by atoms with E-state index in [9.17, 15) is 0 Å². The van der Waals surface area contributed by atoms with Crippen LogP contribution in [0.1, 0.15) is 18.4 Å². The minimum Gasteiger partial charge on any atom is -0.384 e. The molecule has 1 heterocycles. The number of thiazole rings is 1. The molecule has 0 spiro atoms. The number of nitrogens with one attached hydrogen (secondary N) is 1. The van der Waals surface area contributed by atoms with Gasteiger partial charge in [0.1, 0.15) is 0 Å². The van der Waals surface area contributed by atoms with Crippen LogP contribution in [0.4, 0.5) is 5.69 Å². The number of benzene rings is 2. The number of fused-ring (bicyclic) bond motifs is 1. The van der Waals surface area contributed by atoms with E-state index in [1.165, 1.54) is 16.0 Å². The van der Waals surface area contributed by atoms with Crippen molar-refractivity contribution in [3.8, 4) is 0 Å². The molecule has 3 aromatic rings. The first-order valence-corrected chi connectivity index (χ1v) is 7.33. The molecule has 0 aliphatic carbocycles. The summed E-state index contributed by atoms with van der Waals surface area (Å²) in [5.74, 6) is 0.498. The first kappa shape index (κ1) is 12.2. The van der Waals surface area contributed by atoms with E-state index in [-0.39, 0.29) is 0 Å². The second kappa shape index (κ2) is 5.41. The second-order valence-electron chi connectivity index (χ2n) is 4.73. The van der Waals surface area contributed by atoms with E-state index in [1.807, 2.05) is 5.51 Å². The topological polar surface area (TPSA) is 24.9 Å². The molecule has 1 unspecified atom stereocenters. The number of rotatable bonds is 4. The van der Waals surface area contributed by atoms with Crippen LogP contribution in [-0.2, 0) is 0 Å². The molecule has 1 aromatic heterocycles. The van der Waals surface area contributed by atoms with Gasteiger partial charge < -0.3 is 5.32 Å². The third-order valence-corrected chi connectivity index (χ3v) is 4.10. The smallest absolute Gasteiger partial charge is 0.0813 e. The Hall–Kier alpha value is -1.87. The van der Waals surface area contributed by atoms with Gasteiger partial charge in [-0.25, -0.2) is 4.98 Å². The molecule has 1 N–H and O–H groups in total. The Morgan fingerprint density at radius 3 is 2.84 bits per heavy atom. The molecule has 0 amide bonds. The van der Waals surface area contributed by atoms with Crippen LogP contribution in [0, 0.1) is 0 Å². The van der Waals surface area contributed by atoms with E-state index in [0.717, 1.165) is 12.1 Å². The standard InChI is InChI=1S/C16H16N2S/c1-12(13-5-3-2-4-6-13)10-17-14-7-8-15-16(9-14)19-11-18-15/h2-9,11-12,17H,10H2,1H3. The van der Waals surface area contributed by atoms with Gasteiger partial charge in [0.2, 0.25) is 0 Å². The van der Waals surface area contributed by atoms with Crippen molar-refractivity contribution >= 4 is 27.2 Å². The van der Waals surface area contributed by atoms with Crippen molar-refractivity contribution in [3.63, 3.8) is 0 Å². The predicted molar refractivity (Wildman–Crippen MR) is 83.0 cm³/mol. The van der Waals surface area contributed by atoms with Crippen molar-refractivity contribution in [2.24, 2.45) is 0 Å². The molecule has 19 heavy (non-hydrogen) atoms. The molecule has 0 bridgehead atoms. The van der Waals surface area contributed by atoms with Crippen LogP contribution in [0.25, 0.3) is 10.2 Å². The highest BCUT2D eigenvalue weighted by Gasteiger charge is 2.05. The average Bonchev–Trinajstić information content (AvgIpc) is 2.93. The Bertz CT molecular complexity index is 661. The Labute approximate surface area is 117 Å². The minimum absolute atomic E-state index is 0.498. The van der Waals surface area contributed by atoms with E-state index >= 15 is 0 Å². The maximum absolute atomic E-state index is 4.29. The predicted octanol–water partition coefficient (Wildman–Crippen LogP) is 4.51. The van der Waals surface area contributed by atoms with Crippen molar-refractivity contribution in [3.05, 3.63) is 59.6 Å². The third kappa shape index (κ3) is 2.76. The van der Waals surface area contributed by atoms with Crippen LogP contribution in [0.2, 0.25) is 0 Å². The molecule has 3 heteroatoms. The summed E-state index contributed by atoms with van der Waals surface area (Å²) >= 11 is 1.68. The van der Waals surface area contributed by atoms with Crippen molar-refractivity contribution in [1.82, 2.24) is 4.98 Å². The molecule has 0 saturated heterocycles. The van der Waals surface area contributed by atoms with Gasteiger partial charge in [-0.15, -0.1) is 11.3 Å². The van der Waals surface area contributed by atoms with E-state index in [2.05, 4.69) is 65.8 Å². The summed E-state index contributed by atoms with van der Waals surface area (Å²) in [6, 6.07) is 16.9. The molecule has 96 valence electrons. The minimum atomic E-state index is 0.498. The van der Waals surface area contributed by atoms with E-state index in [4.69, 9.17) is 0 Å². The van der Waals surface area contributed by atoms with E-state index in [0.29, 0.717) is 5.92 Å². The zero-order valence-corrected chi connectivity index (χ0v) is 11.7. The van der Waals surface area contributed by atoms with Gasteiger partial charge in [-0.3, -0.25) is 0 Å². The van der Waals surface area contributed by atoms with Crippen LogP contribution in [-0.4, -0.2) is 11.5 Å².